The van der Waals surface area contributed by atoms with Crippen molar-refractivity contribution in [1.82, 2.24) is 20.2 Å². The van der Waals surface area contributed by atoms with E-state index in [2.05, 4.69) is 33.5 Å². The number of fused-ring (bicyclic) bond motifs is 1. The van der Waals surface area contributed by atoms with E-state index < -0.39 is 0 Å². The van der Waals surface area contributed by atoms with Gasteiger partial charge in [0.15, 0.2) is 5.01 Å². The summed E-state index contributed by atoms with van der Waals surface area (Å²) >= 11 is 1.44. The number of aliphatic imine (C=N–C) groups is 1. The molecule has 0 unspecified atom stereocenters. The molecule has 0 bridgehead atoms. The summed E-state index contributed by atoms with van der Waals surface area (Å²) in [7, 11) is 0. The molecule has 126 valence electrons. The van der Waals surface area contributed by atoms with Crippen molar-refractivity contribution in [3.8, 4) is 21.3 Å². The Hall–Kier alpha value is -3.45. The number of furan rings is 1. The molecule has 0 aliphatic carbocycles. The van der Waals surface area contributed by atoms with Crippen LogP contribution in [0.4, 0.5) is 0 Å². The number of rotatable bonds is 5. The Bertz CT molecular complexity index is 1130. The van der Waals surface area contributed by atoms with Crippen molar-refractivity contribution in [2.45, 2.75) is 0 Å². The standard InChI is InChI=1S/C19H13N5OS/c1-3-5-14(20-2)17-13-7-9-25-16(13)10-15(22-17)19-24-23-18(26-19)12-6-4-8-21-11-12/h3-11H,1-2H2/b14-5-. The summed E-state index contributed by atoms with van der Waals surface area (Å²) in [6, 6.07) is 7.51. The average Bonchev–Trinajstić information content (AvgIpc) is 3.35. The Morgan fingerprint density at radius 1 is 1.23 bits per heavy atom. The third-order valence-electron chi connectivity index (χ3n) is 3.69. The molecule has 4 aromatic heterocycles. The second-order valence-corrected chi connectivity index (χ2v) is 6.27. The molecule has 26 heavy (non-hydrogen) atoms. The Morgan fingerprint density at radius 2 is 2.12 bits per heavy atom. The van der Waals surface area contributed by atoms with Crippen molar-refractivity contribution >= 4 is 34.7 Å². The van der Waals surface area contributed by atoms with Gasteiger partial charge in [-0.3, -0.25) is 9.98 Å². The zero-order valence-corrected chi connectivity index (χ0v) is 14.5. The van der Waals surface area contributed by atoms with Crippen LogP contribution < -0.4 is 0 Å². The fourth-order valence-corrected chi connectivity index (χ4v) is 3.32. The molecule has 4 aromatic rings. The lowest BCUT2D eigenvalue weighted by atomic mass is 10.1. The van der Waals surface area contributed by atoms with Gasteiger partial charge < -0.3 is 4.42 Å². The van der Waals surface area contributed by atoms with Gasteiger partial charge in [-0.25, -0.2) is 4.98 Å². The molecule has 0 aromatic carbocycles. The summed E-state index contributed by atoms with van der Waals surface area (Å²) < 4.78 is 5.58. The molecule has 6 nitrogen and oxygen atoms in total. The average molecular weight is 359 g/mol. The largest absolute Gasteiger partial charge is 0.464 e. The number of hydrogen-bond acceptors (Lipinski definition) is 7. The van der Waals surface area contributed by atoms with E-state index in [9.17, 15) is 0 Å². The zero-order chi connectivity index (χ0) is 17.9. The molecule has 0 fully saturated rings. The smallest absolute Gasteiger partial charge is 0.166 e. The van der Waals surface area contributed by atoms with E-state index in [1.807, 2.05) is 24.3 Å². The first kappa shape index (κ1) is 16.0. The highest BCUT2D eigenvalue weighted by Crippen LogP contribution is 2.33. The van der Waals surface area contributed by atoms with Gasteiger partial charge in [0.1, 0.15) is 22.0 Å². The van der Waals surface area contributed by atoms with Gasteiger partial charge in [-0.1, -0.05) is 24.0 Å². The Balaban J connectivity index is 1.85. The second-order valence-electron chi connectivity index (χ2n) is 5.29. The van der Waals surface area contributed by atoms with E-state index in [1.165, 1.54) is 11.3 Å². The van der Waals surface area contributed by atoms with Gasteiger partial charge in [-0.2, -0.15) is 0 Å². The topological polar surface area (TPSA) is 77.1 Å². The fourth-order valence-electron chi connectivity index (χ4n) is 2.52. The van der Waals surface area contributed by atoms with E-state index in [1.54, 1.807) is 30.8 Å². The van der Waals surface area contributed by atoms with Crippen molar-refractivity contribution in [3.63, 3.8) is 0 Å². The number of nitrogens with zero attached hydrogens (tertiary/aromatic N) is 5. The number of hydrogen-bond donors (Lipinski definition) is 0. The summed E-state index contributed by atoms with van der Waals surface area (Å²) in [4.78, 5) is 12.9. The minimum atomic E-state index is 0.616. The van der Waals surface area contributed by atoms with Gasteiger partial charge in [0.2, 0.25) is 0 Å². The molecule has 4 rings (SSSR count). The van der Waals surface area contributed by atoms with Crippen LogP contribution in [-0.2, 0) is 0 Å². The third kappa shape index (κ3) is 2.84. The van der Waals surface area contributed by atoms with E-state index in [0.717, 1.165) is 16.0 Å². The number of aromatic nitrogens is 4. The highest BCUT2D eigenvalue weighted by Gasteiger charge is 2.16. The van der Waals surface area contributed by atoms with Gasteiger partial charge in [0.05, 0.1) is 12.0 Å². The lowest BCUT2D eigenvalue weighted by Crippen LogP contribution is -1.92. The van der Waals surface area contributed by atoms with E-state index >= 15 is 0 Å². The predicted octanol–water partition coefficient (Wildman–Crippen LogP) is 4.64. The lowest BCUT2D eigenvalue weighted by molar-refractivity contribution is 0.615. The molecule has 7 heteroatoms. The van der Waals surface area contributed by atoms with Gasteiger partial charge in [-0.15, -0.1) is 10.2 Å². The van der Waals surface area contributed by atoms with Gasteiger partial charge >= 0.3 is 0 Å². The molecule has 0 saturated carbocycles. The van der Waals surface area contributed by atoms with Crippen molar-refractivity contribution < 1.29 is 4.42 Å². The van der Waals surface area contributed by atoms with Crippen molar-refractivity contribution in [1.29, 1.82) is 0 Å². The Labute approximate surface area is 153 Å². The van der Waals surface area contributed by atoms with E-state index in [0.29, 0.717) is 27.7 Å². The molecule has 0 radical (unpaired) electrons. The van der Waals surface area contributed by atoms with E-state index in [4.69, 9.17) is 9.40 Å². The molecular weight excluding hydrogens is 346 g/mol. The summed E-state index contributed by atoms with van der Waals surface area (Å²) in [6.45, 7) is 7.34. The summed E-state index contributed by atoms with van der Waals surface area (Å²) in [5.41, 5.74) is 3.55. The number of pyridine rings is 2. The molecule has 0 N–H and O–H groups in total. The van der Waals surface area contributed by atoms with Crippen LogP contribution in [0.3, 0.4) is 0 Å². The molecule has 0 aliphatic heterocycles. The van der Waals surface area contributed by atoms with Crippen LogP contribution in [0.2, 0.25) is 0 Å². The zero-order valence-electron chi connectivity index (χ0n) is 13.7. The maximum absolute atomic E-state index is 5.58. The van der Waals surface area contributed by atoms with Crippen LogP contribution in [0.15, 0.2) is 71.1 Å². The summed E-state index contributed by atoms with van der Waals surface area (Å²) in [5, 5.41) is 10.8. The summed E-state index contributed by atoms with van der Waals surface area (Å²) in [5.74, 6) is 0. The van der Waals surface area contributed by atoms with Gasteiger partial charge in [0, 0.05) is 29.4 Å². The first-order chi connectivity index (χ1) is 12.8. The lowest BCUT2D eigenvalue weighted by Gasteiger charge is -2.04. The molecule has 0 aliphatic rings. The van der Waals surface area contributed by atoms with Crippen molar-refractivity contribution in [2.24, 2.45) is 4.99 Å². The first-order valence-corrected chi connectivity index (χ1v) is 8.54. The second kappa shape index (κ2) is 6.81. The van der Waals surface area contributed by atoms with Crippen LogP contribution in [0.25, 0.3) is 37.9 Å². The van der Waals surface area contributed by atoms with Crippen LogP contribution in [-0.4, -0.2) is 26.9 Å². The van der Waals surface area contributed by atoms with Crippen molar-refractivity contribution in [3.05, 3.63) is 67.3 Å². The van der Waals surface area contributed by atoms with Crippen LogP contribution in [0.5, 0.6) is 0 Å². The van der Waals surface area contributed by atoms with Crippen molar-refractivity contribution in [2.75, 3.05) is 0 Å². The normalized spacial score (nSPS) is 11.6. The third-order valence-corrected chi connectivity index (χ3v) is 4.69. The number of allylic oxidation sites excluding steroid dienone is 2. The molecule has 0 spiro atoms. The molecule has 0 saturated heterocycles. The highest BCUT2D eigenvalue weighted by molar-refractivity contribution is 7.17. The van der Waals surface area contributed by atoms with Crippen LogP contribution in [0.1, 0.15) is 5.69 Å². The Morgan fingerprint density at radius 3 is 2.88 bits per heavy atom. The molecule has 0 atom stereocenters. The van der Waals surface area contributed by atoms with Gasteiger partial charge in [0.25, 0.3) is 0 Å². The molecular formula is C19H13N5OS. The Kier molecular flexibility index (Phi) is 4.20. The van der Waals surface area contributed by atoms with Crippen LogP contribution >= 0.6 is 11.3 Å². The molecule has 4 heterocycles. The van der Waals surface area contributed by atoms with Crippen LogP contribution in [0, 0.1) is 0 Å². The quantitative estimate of drug-likeness (QED) is 0.383. The highest BCUT2D eigenvalue weighted by atomic mass is 32.1. The maximum atomic E-state index is 5.58. The minimum Gasteiger partial charge on any atom is -0.464 e. The maximum Gasteiger partial charge on any atom is 0.166 e. The first-order valence-electron chi connectivity index (χ1n) is 7.72. The summed E-state index contributed by atoms with van der Waals surface area (Å²) in [6.07, 6.45) is 8.50. The minimum absolute atomic E-state index is 0.616. The SMILES string of the molecule is C=C/C=C(\N=C)c1nc(-c2nnc(-c3cccnc3)s2)cc2occc12. The monoisotopic (exact) mass is 359 g/mol. The van der Waals surface area contributed by atoms with Gasteiger partial charge in [-0.05, 0) is 31.0 Å². The van der Waals surface area contributed by atoms with E-state index in [-0.39, 0.29) is 0 Å². The predicted molar refractivity (Wildman–Crippen MR) is 104 cm³/mol. The molecule has 0 amide bonds. The fraction of sp³-hybridized carbons (Fsp3) is 0.